The van der Waals surface area contributed by atoms with Crippen molar-refractivity contribution in [2.75, 3.05) is 7.11 Å². The molecule has 0 N–H and O–H groups in total. The quantitative estimate of drug-likeness (QED) is 0.765. The molecule has 0 aliphatic rings. The normalized spacial score (nSPS) is 10.2. The molecule has 3 nitrogen and oxygen atoms in total. The Kier molecular flexibility index (Phi) is 5.07. The zero-order chi connectivity index (χ0) is 14.4. The van der Waals surface area contributed by atoms with Crippen LogP contribution >= 0.6 is 11.8 Å². The lowest BCUT2D eigenvalue weighted by Gasteiger charge is -2.10. The molecule has 0 aliphatic heterocycles. The molecular formula is C16H15O3S-. The molecule has 0 amide bonds. The van der Waals surface area contributed by atoms with Crippen LogP contribution < -0.4 is 9.84 Å². The zero-order valence-electron chi connectivity index (χ0n) is 11.2. The summed E-state index contributed by atoms with van der Waals surface area (Å²) in [7, 11) is 1.64. The number of aliphatic carboxylic acids is 1. The minimum absolute atomic E-state index is 0.0543. The number of benzene rings is 2. The summed E-state index contributed by atoms with van der Waals surface area (Å²) in [5.41, 5.74) is 1.93. The Morgan fingerprint density at radius 2 is 2.00 bits per heavy atom. The minimum atomic E-state index is -1.06. The molecule has 2 aromatic carbocycles. The fourth-order valence-corrected chi connectivity index (χ4v) is 2.87. The average Bonchev–Trinajstić information content (AvgIpc) is 2.46. The second kappa shape index (κ2) is 7.01. The lowest BCUT2D eigenvalue weighted by atomic mass is 10.1. The van der Waals surface area contributed by atoms with Crippen molar-refractivity contribution in [3.05, 3.63) is 59.7 Å². The van der Waals surface area contributed by atoms with Crippen LogP contribution in [0.25, 0.3) is 0 Å². The van der Waals surface area contributed by atoms with E-state index in [1.165, 1.54) is 0 Å². The summed E-state index contributed by atoms with van der Waals surface area (Å²) in [6.07, 6.45) is -0.0543. The Bertz CT molecular complexity index is 596. The van der Waals surface area contributed by atoms with Gasteiger partial charge in [0.15, 0.2) is 0 Å². The number of carboxylic acid groups (broad SMARTS) is 1. The maximum atomic E-state index is 10.7. The molecule has 0 fully saturated rings. The van der Waals surface area contributed by atoms with E-state index in [2.05, 4.69) is 0 Å². The second-order valence-corrected chi connectivity index (χ2v) is 5.31. The molecule has 104 valence electrons. The van der Waals surface area contributed by atoms with Crippen LogP contribution in [0.5, 0.6) is 5.75 Å². The highest BCUT2D eigenvalue weighted by molar-refractivity contribution is 7.98. The topological polar surface area (TPSA) is 49.4 Å². The van der Waals surface area contributed by atoms with E-state index in [1.807, 2.05) is 48.5 Å². The Morgan fingerprint density at radius 3 is 2.75 bits per heavy atom. The lowest BCUT2D eigenvalue weighted by molar-refractivity contribution is -0.304. The summed E-state index contributed by atoms with van der Waals surface area (Å²) < 4.78 is 5.19. The number of carbonyl (C=O) groups excluding carboxylic acids is 1. The molecule has 0 saturated carbocycles. The van der Waals surface area contributed by atoms with Gasteiger partial charge in [-0.15, -0.1) is 11.8 Å². The standard InChI is InChI=1S/C16H16O3S/c1-19-14-7-4-5-12(9-14)11-20-15-8-3-2-6-13(15)10-16(17)18/h2-9H,10-11H2,1H3,(H,17,18)/p-1. The second-order valence-electron chi connectivity index (χ2n) is 4.30. The number of carbonyl (C=O) groups is 1. The number of hydrogen-bond donors (Lipinski definition) is 0. The minimum Gasteiger partial charge on any atom is -0.550 e. The summed E-state index contributed by atoms with van der Waals surface area (Å²) in [5, 5.41) is 10.7. The maximum absolute atomic E-state index is 10.7. The molecule has 0 unspecified atom stereocenters. The van der Waals surface area contributed by atoms with Crippen molar-refractivity contribution in [2.45, 2.75) is 17.1 Å². The van der Waals surface area contributed by atoms with Crippen LogP contribution in [0.1, 0.15) is 11.1 Å². The van der Waals surface area contributed by atoms with Gasteiger partial charge in [-0.3, -0.25) is 0 Å². The highest BCUT2D eigenvalue weighted by Crippen LogP contribution is 2.27. The predicted octanol–water partition coefficient (Wildman–Crippen LogP) is 2.28. The molecular weight excluding hydrogens is 272 g/mol. The third-order valence-corrected chi connectivity index (χ3v) is 4.02. The van der Waals surface area contributed by atoms with Crippen molar-refractivity contribution in [3.63, 3.8) is 0 Å². The van der Waals surface area contributed by atoms with E-state index in [0.717, 1.165) is 27.5 Å². The number of rotatable bonds is 6. The molecule has 0 aromatic heterocycles. The summed E-state index contributed by atoms with van der Waals surface area (Å²) in [4.78, 5) is 11.7. The van der Waals surface area contributed by atoms with Crippen LogP contribution in [-0.2, 0) is 17.0 Å². The average molecular weight is 287 g/mol. The molecule has 0 spiro atoms. The van der Waals surface area contributed by atoms with Crippen molar-refractivity contribution < 1.29 is 14.6 Å². The predicted molar refractivity (Wildman–Crippen MR) is 77.7 cm³/mol. The lowest BCUT2D eigenvalue weighted by Crippen LogP contribution is -2.24. The number of carboxylic acids is 1. The summed E-state index contributed by atoms with van der Waals surface area (Å²) in [6, 6.07) is 15.4. The van der Waals surface area contributed by atoms with Gasteiger partial charge in [0.1, 0.15) is 5.75 Å². The highest BCUT2D eigenvalue weighted by atomic mass is 32.2. The number of hydrogen-bond acceptors (Lipinski definition) is 4. The number of ether oxygens (including phenoxy) is 1. The van der Waals surface area contributed by atoms with Crippen molar-refractivity contribution >= 4 is 17.7 Å². The Labute approximate surface area is 122 Å². The van der Waals surface area contributed by atoms with Gasteiger partial charge >= 0.3 is 0 Å². The third-order valence-electron chi connectivity index (χ3n) is 2.84. The molecule has 0 bridgehead atoms. The molecule has 0 atom stereocenters. The summed E-state index contributed by atoms with van der Waals surface area (Å²) >= 11 is 1.61. The van der Waals surface area contributed by atoms with Crippen LogP contribution in [-0.4, -0.2) is 13.1 Å². The van der Waals surface area contributed by atoms with Gasteiger partial charge in [-0.1, -0.05) is 30.3 Å². The van der Waals surface area contributed by atoms with Crippen molar-refractivity contribution in [2.24, 2.45) is 0 Å². The van der Waals surface area contributed by atoms with E-state index in [-0.39, 0.29) is 6.42 Å². The molecule has 0 aliphatic carbocycles. The first-order chi connectivity index (χ1) is 9.69. The molecule has 0 heterocycles. The van der Waals surface area contributed by atoms with Gasteiger partial charge in [0.05, 0.1) is 7.11 Å². The van der Waals surface area contributed by atoms with Crippen LogP contribution in [0.4, 0.5) is 0 Å². The molecule has 0 saturated heterocycles. The molecule has 4 heteroatoms. The van der Waals surface area contributed by atoms with E-state index >= 15 is 0 Å². The van der Waals surface area contributed by atoms with E-state index < -0.39 is 5.97 Å². The van der Waals surface area contributed by atoms with Crippen molar-refractivity contribution in [3.8, 4) is 5.75 Å². The molecule has 2 aromatic rings. The van der Waals surface area contributed by atoms with Crippen molar-refractivity contribution in [1.29, 1.82) is 0 Å². The van der Waals surface area contributed by atoms with E-state index in [0.29, 0.717) is 0 Å². The highest BCUT2D eigenvalue weighted by Gasteiger charge is 2.04. The van der Waals surface area contributed by atoms with E-state index in [1.54, 1.807) is 18.9 Å². The van der Waals surface area contributed by atoms with Gasteiger partial charge in [-0.2, -0.15) is 0 Å². The molecule has 20 heavy (non-hydrogen) atoms. The summed E-state index contributed by atoms with van der Waals surface area (Å²) in [5.74, 6) is 0.534. The van der Waals surface area contributed by atoms with Crippen LogP contribution in [0.3, 0.4) is 0 Å². The summed E-state index contributed by atoms with van der Waals surface area (Å²) in [6.45, 7) is 0. The smallest absolute Gasteiger partial charge is 0.119 e. The molecule has 0 radical (unpaired) electrons. The fourth-order valence-electron chi connectivity index (χ4n) is 1.87. The third kappa shape index (κ3) is 4.03. The Hall–Kier alpha value is -1.94. The monoisotopic (exact) mass is 287 g/mol. The number of methoxy groups -OCH3 is 1. The Balaban J connectivity index is 2.08. The van der Waals surface area contributed by atoms with Gasteiger partial charge in [0, 0.05) is 23.0 Å². The van der Waals surface area contributed by atoms with E-state index in [9.17, 15) is 9.90 Å². The first-order valence-electron chi connectivity index (χ1n) is 6.22. The Morgan fingerprint density at radius 1 is 1.20 bits per heavy atom. The van der Waals surface area contributed by atoms with E-state index in [4.69, 9.17) is 4.74 Å². The van der Waals surface area contributed by atoms with Crippen molar-refractivity contribution in [1.82, 2.24) is 0 Å². The van der Waals surface area contributed by atoms with Crippen LogP contribution in [0.15, 0.2) is 53.4 Å². The zero-order valence-corrected chi connectivity index (χ0v) is 12.0. The van der Waals surface area contributed by atoms with Crippen LogP contribution in [0, 0.1) is 0 Å². The van der Waals surface area contributed by atoms with Crippen LogP contribution in [0.2, 0.25) is 0 Å². The van der Waals surface area contributed by atoms with Gasteiger partial charge in [-0.25, -0.2) is 0 Å². The molecule has 2 rings (SSSR count). The first-order valence-corrected chi connectivity index (χ1v) is 7.21. The largest absolute Gasteiger partial charge is 0.550 e. The number of thioether (sulfide) groups is 1. The van der Waals surface area contributed by atoms with Gasteiger partial charge in [-0.05, 0) is 29.3 Å². The maximum Gasteiger partial charge on any atom is 0.119 e. The van der Waals surface area contributed by atoms with Gasteiger partial charge in [0.2, 0.25) is 0 Å². The van der Waals surface area contributed by atoms with Gasteiger partial charge in [0.25, 0.3) is 0 Å². The SMILES string of the molecule is COc1cccc(CSc2ccccc2CC(=O)[O-])c1. The first kappa shape index (κ1) is 14.5. The van der Waals surface area contributed by atoms with Gasteiger partial charge < -0.3 is 14.6 Å². The fraction of sp³-hybridized carbons (Fsp3) is 0.188.